The van der Waals surface area contributed by atoms with E-state index in [1.54, 1.807) is 16.8 Å². The van der Waals surface area contributed by atoms with Crippen LogP contribution in [-0.4, -0.2) is 64.1 Å². The summed E-state index contributed by atoms with van der Waals surface area (Å²) in [6, 6.07) is 0. The Morgan fingerprint density at radius 1 is 1.28 bits per heavy atom. The van der Waals surface area contributed by atoms with Gasteiger partial charge in [0.1, 0.15) is 16.4 Å². The molecule has 0 aromatic carbocycles. The van der Waals surface area contributed by atoms with Crippen molar-refractivity contribution in [2.75, 3.05) is 26.7 Å². The van der Waals surface area contributed by atoms with Gasteiger partial charge < -0.3 is 14.5 Å². The Morgan fingerprint density at radius 3 is 2.44 bits per heavy atom. The number of carbonyl (C=O) groups is 2. The second-order valence-electron chi connectivity index (χ2n) is 7.32. The summed E-state index contributed by atoms with van der Waals surface area (Å²) in [5.41, 5.74) is -0.210. The third-order valence-corrected chi connectivity index (χ3v) is 4.18. The van der Waals surface area contributed by atoms with Gasteiger partial charge in [0.05, 0.1) is 12.4 Å². The summed E-state index contributed by atoms with van der Waals surface area (Å²) in [6.07, 6.45) is 4.15. The van der Waals surface area contributed by atoms with Crippen molar-refractivity contribution in [1.82, 2.24) is 19.8 Å². The summed E-state index contributed by atoms with van der Waals surface area (Å²) in [5, 5.41) is 0.258. The van der Waals surface area contributed by atoms with E-state index in [1.165, 1.54) is 12.4 Å². The Hall–Kier alpha value is -1.89. The number of ether oxygens (including phenoxy) is 1. The molecule has 7 nitrogen and oxygen atoms in total. The number of likely N-dealkylation sites (tertiary alicyclic amines) is 1. The standard InChI is InChI=1S/C17H25ClN4O3/c1-17(2,3)25-16(24)22-7-5-12(6-8-22)11-21(4)15(23)13-9-20-14(18)10-19-13/h9-10,12H,5-8,11H2,1-4H3. The molecule has 1 aliphatic heterocycles. The van der Waals surface area contributed by atoms with Crippen molar-refractivity contribution in [3.8, 4) is 0 Å². The molecule has 0 radical (unpaired) electrons. The number of nitrogens with zero attached hydrogens (tertiary/aromatic N) is 4. The fourth-order valence-corrected chi connectivity index (χ4v) is 2.81. The van der Waals surface area contributed by atoms with Gasteiger partial charge >= 0.3 is 6.09 Å². The first-order valence-electron chi connectivity index (χ1n) is 8.36. The second kappa shape index (κ2) is 7.99. The van der Waals surface area contributed by atoms with Crippen LogP contribution in [0.2, 0.25) is 5.15 Å². The quantitative estimate of drug-likeness (QED) is 0.820. The van der Waals surface area contributed by atoms with Gasteiger partial charge in [-0.2, -0.15) is 0 Å². The van der Waals surface area contributed by atoms with Gasteiger partial charge in [-0.1, -0.05) is 11.6 Å². The molecule has 1 aromatic rings. The lowest BCUT2D eigenvalue weighted by molar-refractivity contribution is 0.0170. The van der Waals surface area contributed by atoms with Crippen molar-refractivity contribution in [2.45, 2.75) is 39.2 Å². The molecular formula is C17H25ClN4O3. The third-order valence-electron chi connectivity index (χ3n) is 3.98. The lowest BCUT2D eigenvalue weighted by atomic mass is 9.96. The van der Waals surface area contributed by atoms with Gasteiger partial charge in [0.15, 0.2) is 0 Å². The number of hydrogen-bond acceptors (Lipinski definition) is 5. The minimum absolute atomic E-state index is 0.182. The molecule has 1 aliphatic rings. The lowest BCUT2D eigenvalue weighted by Crippen LogP contribution is -2.44. The molecule has 0 bridgehead atoms. The minimum atomic E-state index is -0.486. The van der Waals surface area contributed by atoms with Crippen LogP contribution in [0.5, 0.6) is 0 Å². The van der Waals surface area contributed by atoms with Crippen molar-refractivity contribution in [1.29, 1.82) is 0 Å². The van der Waals surface area contributed by atoms with Gasteiger partial charge in [-0.05, 0) is 39.5 Å². The van der Waals surface area contributed by atoms with Crippen molar-refractivity contribution in [2.24, 2.45) is 5.92 Å². The van der Waals surface area contributed by atoms with E-state index in [9.17, 15) is 9.59 Å². The maximum Gasteiger partial charge on any atom is 0.410 e. The maximum atomic E-state index is 12.4. The Bertz CT molecular complexity index is 607. The van der Waals surface area contributed by atoms with Crippen LogP contribution in [0.4, 0.5) is 4.79 Å². The Balaban J connectivity index is 1.82. The predicted octanol–water partition coefficient (Wildman–Crippen LogP) is 2.85. The first-order valence-corrected chi connectivity index (χ1v) is 8.74. The van der Waals surface area contributed by atoms with E-state index < -0.39 is 5.60 Å². The fourth-order valence-electron chi connectivity index (χ4n) is 2.71. The summed E-state index contributed by atoms with van der Waals surface area (Å²) in [7, 11) is 1.75. The predicted molar refractivity (Wildman–Crippen MR) is 94.5 cm³/mol. The number of halogens is 1. The summed E-state index contributed by atoms with van der Waals surface area (Å²) in [6.45, 7) is 7.48. The molecule has 1 aromatic heterocycles. The van der Waals surface area contributed by atoms with Gasteiger partial charge in [0, 0.05) is 26.7 Å². The van der Waals surface area contributed by atoms with E-state index in [2.05, 4.69) is 9.97 Å². The molecule has 138 valence electrons. The molecule has 2 rings (SSSR count). The van der Waals surface area contributed by atoms with Gasteiger partial charge in [-0.15, -0.1) is 0 Å². The molecule has 0 atom stereocenters. The second-order valence-corrected chi connectivity index (χ2v) is 7.71. The molecular weight excluding hydrogens is 344 g/mol. The highest BCUT2D eigenvalue weighted by Gasteiger charge is 2.28. The highest BCUT2D eigenvalue weighted by molar-refractivity contribution is 6.29. The maximum absolute atomic E-state index is 12.4. The van der Waals surface area contributed by atoms with Gasteiger partial charge in [-0.3, -0.25) is 4.79 Å². The lowest BCUT2D eigenvalue weighted by Gasteiger charge is -2.34. The molecule has 25 heavy (non-hydrogen) atoms. The van der Waals surface area contributed by atoms with Crippen LogP contribution in [0, 0.1) is 5.92 Å². The topological polar surface area (TPSA) is 75.6 Å². The van der Waals surface area contributed by atoms with Crippen LogP contribution in [0.3, 0.4) is 0 Å². The normalized spacial score (nSPS) is 15.8. The first-order chi connectivity index (χ1) is 11.7. The van der Waals surface area contributed by atoms with E-state index >= 15 is 0 Å². The minimum Gasteiger partial charge on any atom is -0.444 e. The molecule has 0 spiro atoms. The van der Waals surface area contributed by atoms with Crippen LogP contribution in [0.1, 0.15) is 44.1 Å². The van der Waals surface area contributed by atoms with Gasteiger partial charge in [0.2, 0.25) is 0 Å². The smallest absolute Gasteiger partial charge is 0.410 e. The third kappa shape index (κ3) is 5.85. The van der Waals surface area contributed by atoms with E-state index in [-0.39, 0.29) is 22.8 Å². The largest absolute Gasteiger partial charge is 0.444 e. The van der Waals surface area contributed by atoms with Crippen molar-refractivity contribution >= 4 is 23.6 Å². The van der Waals surface area contributed by atoms with E-state index in [4.69, 9.17) is 16.3 Å². The molecule has 0 N–H and O–H groups in total. The number of piperidine rings is 1. The average Bonchev–Trinajstić information content (AvgIpc) is 2.54. The zero-order valence-electron chi connectivity index (χ0n) is 15.2. The molecule has 8 heteroatoms. The zero-order valence-corrected chi connectivity index (χ0v) is 15.9. The van der Waals surface area contributed by atoms with Crippen LogP contribution in [0.25, 0.3) is 0 Å². The molecule has 1 fully saturated rings. The highest BCUT2D eigenvalue weighted by Crippen LogP contribution is 2.21. The van der Waals surface area contributed by atoms with Crippen LogP contribution >= 0.6 is 11.6 Å². The Morgan fingerprint density at radius 2 is 1.92 bits per heavy atom. The number of aromatic nitrogens is 2. The van der Waals surface area contributed by atoms with E-state index in [0.717, 1.165) is 12.8 Å². The zero-order chi connectivity index (χ0) is 18.6. The summed E-state index contributed by atoms with van der Waals surface area (Å²) in [5.74, 6) is 0.159. The Kier molecular flexibility index (Phi) is 6.21. The number of hydrogen-bond donors (Lipinski definition) is 0. The number of amides is 2. The molecule has 1 saturated heterocycles. The van der Waals surface area contributed by atoms with E-state index in [1.807, 2.05) is 20.8 Å². The summed E-state index contributed by atoms with van der Waals surface area (Å²) >= 11 is 5.69. The van der Waals surface area contributed by atoms with Crippen molar-refractivity contribution in [3.05, 3.63) is 23.2 Å². The monoisotopic (exact) mass is 368 g/mol. The molecule has 2 amide bonds. The molecule has 0 aliphatic carbocycles. The molecule has 2 heterocycles. The highest BCUT2D eigenvalue weighted by atomic mass is 35.5. The number of rotatable bonds is 3. The number of carbonyl (C=O) groups excluding carboxylic acids is 2. The van der Waals surface area contributed by atoms with Crippen LogP contribution < -0.4 is 0 Å². The van der Waals surface area contributed by atoms with Gasteiger partial charge in [-0.25, -0.2) is 14.8 Å². The average molecular weight is 369 g/mol. The van der Waals surface area contributed by atoms with E-state index in [0.29, 0.717) is 25.6 Å². The summed E-state index contributed by atoms with van der Waals surface area (Å²) < 4.78 is 5.40. The first kappa shape index (κ1) is 19.4. The van der Waals surface area contributed by atoms with Gasteiger partial charge in [0.25, 0.3) is 5.91 Å². The van der Waals surface area contributed by atoms with Crippen molar-refractivity contribution in [3.63, 3.8) is 0 Å². The molecule has 0 unspecified atom stereocenters. The SMILES string of the molecule is CN(CC1CCN(C(=O)OC(C)(C)C)CC1)C(=O)c1cnc(Cl)cn1. The van der Waals surface area contributed by atoms with Crippen LogP contribution in [-0.2, 0) is 4.74 Å². The van der Waals surface area contributed by atoms with Crippen molar-refractivity contribution < 1.29 is 14.3 Å². The Labute approximate surface area is 153 Å². The van der Waals surface area contributed by atoms with Crippen LogP contribution in [0.15, 0.2) is 12.4 Å². The summed E-state index contributed by atoms with van der Waals surface area (Å²) in [4.78, 5) is 35.7. The molecule has 0 saturated carbocycles. The fraction of sp³-hybridized carbons (Fsp3) is 0.647.